The van der Waals surface area contributed by atoms with Gasteiger partial charge >= 0.3 is 0 Å². The highest BCUT2D eigenvalue weighted by Crippen LogP contribution is 2.34. The van der Waals surface area contributed by atoms with Crippen molar-refractivity contribution in [2.75, 3.05) is 0 Å². The summed E-state index contributed by atoms with van der Waals surface area (Å²) < 4.78 is 2.10. The number of benzene rings is 3. The zero-order valence-corrected chi connectivity index (χ0v) is 16.1. The Balaban J connectivity index is 1.91. The molecule has 0 bridgehead atoms. The summed E-state index contributed by atoms with van der Waals surface area (Å²) >= 11 is 0. The predicted molar refractivity (Wildman–Crippen MR) is 116 cm³/mol. The van der Waals surface area contributed by atoms with E-state index in [1.54, 1.807) is 0 Å². The van der Waals surface area contributed by atoms with E-state index < -0.39 is 0 Å². The summed E-state index contributed by atoms with van der Waals surface area (Å²) in [7, 11) is 0. The Morgan fingerprint density at radius 3 is 2.39 bits per heavy atom. The van der Waals surface area contributed by atoms with Crippen molar-refractivity contribution >= 4 is 21.8 Å². The Labute approximate surface area is 164 Å². The molecular weight excluding hydrogens is 342 g/mol. The molecule has 0 radical (unpaired) electrons. The molecule has 3 nitrogen and oxygen atoms in total. The van der Waals surface area contributed by atoms with Crippen molar-refractivity contribution in [1.29, 1.82) is 0 Å². The van der Waals surface area contributed by atoms with Gasteiger partial charge in [-0.1, -0.05) is 73.2 Å². The molecule has 0 fully saturated rings. The molecule has 3 aromatic carbocycles. The van der Waals surface area contributed by atoms with E-state index in [9.17, 15) is 0 Å². The van der Waals surface area contributed by atoms with E-state index in [0.717, 1.165) is 45.2 Å². The Morgan fingerprint density at radius 1 is 0.821 bits per heavy atom. The second kappa shape index (κ2) is 6.61. The lowest BCUT2D eigenvalue weighted by Gasteiger charge is -2.10. The van der Waals surface area contributed by atoms with Crippen LogP contribution in [0.2, 0.25) is 0 Å². The lowest BCUT2D eigenvalue weighted by molar-refractivity contribution is 0.896. The largest absolute Gasteiger partial charge is 0.255 e. The van der Waals surface area contributed by atoms with Gasteiger partial charge < -0.3 is 0 Å². The van der Waals surface area contributed by atoms with Gasteiger partial charge in [0.2, 0.25) is 0 Å². The molecule has 0 aliphatic carbocycles. The number of fused-ring (bicyclic) bond motifs is 3. The van der Waals surface area contributed by atoms with Gasteiger partial charge in [-0.15, -0.1) is 0 Å². The second-order valence-electron chi connectivity index (χ2n) is 7.15. The molecule has 0 N–H and O–H groups in total. The van der Waals surface area contributed by atoms with E-state index in [1.165, 1.54) is 11.1 Å². The fourth-order valence-electron chi connectivity index (χ4n) is 3.85. The molecule has 28 heavy (non-hydrogen) atoms. The second-order valence-corrected chi connectivity index (χ2v) is 7.15. The molecule has 2 aromatic heterocycles. The van der Waals surface area contributed by atoms with Crippen LogP contribution < -0.4 is 0 Å². The van der Waals surface area contributed by atoms with E-state index in [1.807, 2.05) is 12.3 Å². The normalized spacial score (nSPS) is 11.4. The number of hydrogen-bond acceptors (Lipinski definition) is 2. The van der Waals surface area contributed by atoms with E-state index in [2.05, 4.69) is 85.3 Å². The number of aromatic nitrogens is 3. The first-order chi connectivity index (χ1) is 13.8. The third-order valence-electron chi connectivity index (χ3n) is 5.34. The number of pyridine rings is 1. The van der Waals surface area contributed by atoms with E-state index in [-0.39, 0.29) is 0 Å². The summed E-state index contributed by atoms with van der Waals surface area (Å²) in [5, 5.41) is 7.29. The van der Waals surface area contributed by atoms with Crippen LogP contribution in [0.5, 0.6) is 0 Å². The molecule has 5 aromatic rings. The van der Waals surface area contributed by atoms with Crippen LogP contribution in [0.15, 0.2) is 79.0 Å². The molecule has 0 amide bonds. The van der Waals surface area contributed by atoms with Crippen LogP contribution in [-0.4, -0.2) is 14.8 Å². The Kier molecular flexibility index (Phi) is 3.94. The van der Waals surface area contributed by atoms with E-state index >= 15 is 0 Å². The van der Waals surface area contributed by atoms with Gasteiger partial charge in [-0.25, -0.2) is 4.68 Å². The third-order valence-corrected chi connectivity index (χ3v) is 5.34. The zero-order chi connectivity index (χ0) is 19.1. The van der Waals surface area contributed by atoms with Crippen LogP contribution in [0.3, 0.4) is 0 Å². The minimum atomic E-state index is 0.959. The standard InChI is InChI=1S/C25H21N3/c1-3-18-8-4-7-11-23(18)28-25-20-9-5-6-10-22(20)26-16-21(25)24(27-28)19-14-12-17(2)13-15-19/h4-16H,3H2,1-2H3. The minimum absolute atomic E-state index is 0.959. The smallest absolute Gasteiger partial charge is 0.102 e. The summed E-state index contributed by atoms with van der Waals surface area (Å²) in [5.41, 5.74) is 7.84. The Morgan fingerprint density at radius 2 is 1.57 bits per heavy atom. The lowest BCUT2D eigenvalue weighted by atomic mass is 10.1. The zero-order valence-electron chi connectivity index (χ0n) is 16.1. The van der Waals surface area contributed by atoms with Gasteiger partial charge in [0, 0.05) is 22.5 Å². The molecule has 0 aliphatic rings. The molecule has 0 saturated carbocycles. The molecule has 3 heteroatoms. The maximum Gasteiger partial charge on any atom is 0.102 e. The van der Waals surface area contributed by atoms with Gasteiger partial charge in [0.05, 0.1) is 16.7 Å². The first-order valence-corrected chi connectivity index (χ1v) is 9.68. The first kappa shape index (κ1) is 16.7. The average Bonchev–Trinajstić information content (AvgIpc) is 3.14. The fourth-order valence-corrected chi connectivity index (χ4v) is 3.85. The average molecular weight is 363 g/mol. The summed E-state index contributed by atoms with van der Waals surface area (Å²) in [4.78, 5) is 4.71. The van der Waals surface area contributed by atoms with Crippen LogP contribution in [0.25, 0.3) is 38.8 Å². The van der Waals surface area contributed by atoms with Crippen LogP contribution in [0.1, 0.15) is 18.1 Å². The van der Waals surface area contributed by atoms with Crippen LogP contribution >= 0.6 is 0 Å². The summed E-state index contributed by atoms with van der Waals surface area (Å²) in [6.07, 6.45) is 2.92. The Hall–Kier alpha value is -3.46. The predicted octanol–water partition coefficient (Wildman–Crippen LogP) is 6.11. The highest BCUT2D eigenvalue weighted by molar-refractivity contribution is 6.08. The van der Waals surface area contributed by atoms with Crippen molar-refractivity contribution in [1.82, 2.24) is 14.8 Å². The van der Waals surface area contributed by atoms with Crippen LogP contribution in [-0.2, 0) is 6.42 Å². The molecule has 136 valence electrons. The number of rotatable bonds is 3. The highest BCUT2D eigenvalue weighted by Gasteiger charge is 2.18. The van der Waals surface area contributed by atoms with Crippen molar-refractivity contribution in [2.45, 2.75) is 20.3 Å². The van der Waals surface area contributed by atoms with E-state index in [4.69, 9.17) is 10.1 Å². The molecular formula is C25H21N3. The summed E-state index contributed by atoms with van der Waals surface area (Å²) in [6.45, 7) is 4.29. The van der Waals surface area contributed by atoms with Gasteiger partial charge in [-0.05, 0) is 31.0 Å². The molecule has 0 saturated heterocycles. The molecule has 2 heterocycles. The summed E-state index contributed by atoms with van der Waals surface area (Å²) in [6, 6.07) is 25.3. The Bertz CT molecular complexity index is 1300. The SMILES string of the molecule is CCc1ccccc1-n1nc(-c2ccc(C)cc2)c2cnc3ccccc3c21. The van der Waals surface area contributed by atoms with Crippen molar-refractivity contribution < 1.29 is 0 Å². The summed E-state index contributed by atoms with van der Waals surface area (Å²) in [5.74, 6) is 0. The van der Waals surface area contributed by atoms with Crippen LogP contribution in [0, 0.1) is 6.92 Å². The van der Waals surface area contributed by atoms with Gasteiger partial charge in [0.25, 0.3) is 0 Å². The molecule has 0 atom stereocenters. The van der Waals surface area contributed by atoms with Gasteiger partial charge in [0.1, 0.15) is 5.69 Å². The van der Waals surface area contributed by atoms with Crippen molar-refractivity contribution in [3.05, 3.63) is 90.1 Å². The quantitative estimate of drug-likeness (QED) is 0.387. The minimum Gasteiger partial charge on any atom is -0.255 e. The monoisotopic (exact) mass is 363 g/mol. The van der Waals surface area contributed by atoms with E-state index in [0.29, 0.717) is 0 Å². The lowest BCUT2D eigenvalue weighted by Crippen LogP contribution is -2.01. The van der Waals surface area contributed by atoms with Crippen molar-refractivity contribution in [3.8, 4) is 16.9 Å². The van der Waals surface area contributed by atoms with Gasteiger partial charge in [-0.2, -0.15) is 5.10 Å². The molecule has 5 rings (SSSR count). The number of hydrogen-bond donors (Lipinski definition) is 0. The van der Waals surface area contributed by atoms with Crippen LogP contribution in [0.4, 0.5) is 0 Å². The fraction of sp³-hybridized carbons (Fsp3) is 0.120. The molecule has 0 unspecified atom stereocenters. The number of nitrogens with zero attached hydrogens (tertiary/aromatic N) is 3. The van der Waals surface area contributed by atoms with Crippen molar-refractivity contribution in [3.63, 3.8) is 0 Å². The maximum atomic E-state index is 5.09. The molecule has 0 spiro atoms. The van der Waals surface area contributed by atoms with Crippen molar-refractivity contribution in [2.24, 2.45) is 0 Å². The molecule has 0 aliphatic heterocycles. The maximum absolute atomic E-state index is 5.09. The van der Waals surface area contributed by atoms with Gasteiger partial charge in [-0.3, -0.25) is 4.98 Å². The van der Waals surface area contributed by atoms with Gasteiger partial charge in [0.15, 0.2) is 0 Å². The topological polar surface area (TPSA) is 30.7 Å². The third kappa shape index (κ3) is 2.59. The highest BCUT2D eigenvalue weighted by atomic mass is 15.3. The number of para-hydroxylation sites is 2. The number of aryl methyl sites for hydroxylation is 2. The first-order valence-electron chi connectivity index (χ1n) is 9.68.